The summed E-state index contributed by atoms with van der Waals surface area (Å²) in [6.45, 7) is 0.683. The number of nitrogens with zero attached hydrogens (tertiary/aromatic N) is 1. The smallest absolute Gasteiger partial charge is 0.255 e. The van der Waals surface area contributed by atoms with E-state index in [1.54, 1.807) is 24.4 Å². The number of amides is 1. The van der Waals surface area contributed by atoms with Crippen LogP contribution in [0.2, 0.25) is 10.0 Å². The zero-order valence-electron chi connectivity index (χ0n) is 13.2. The summed E-state index contributed by atoms with van der Waals surface area (Å²) in [5.74, 6) is 0.460. The lowest BCUT2D eigenvalue weighted by Gasteiger charge is -2.08. The van der Waals surface area contributed by atoms with Gasteiger partial charge < -0.3 is 10.6 Å². The molecule has 0 fully saturated rings. The number of benzene rings is 2. The van der Waals surface area contributed by atoms with Crippen molar-refractivity contribution < 1.29 is 4.79 Å². The predicted octanol–water partition coefficient (Wildman–Crippen LogP) is 5.25. The Kier molecular flexibility index (Phi) is 5.53. The minimum absolute atomic E-state index is 0.273. The second-order valence-corrected chi connectivity index (χ2v) is 6.17. The van der Waals surface area contributed by atoms with Crippen molar-refractivity contribution in [2.75, 3.05) is 10.6 Å². The zero-order valence-corrected chi connectivity index (χ0v) is 14.7. The summed E-state index contributed by atoms with van der Waals surface area (Å²) in [6, 6.07) is 18.4. The van der Waals surface area contributed by atoms with Crippen molar-refractivity contribution in [2.45, 2.75) is 6.54 Å². The molecule has 4 nitrogen and oxygen atoms in total. The molecule has 0 saturated heterocycles. The van der Waals surface area contributed by atoms with E-state index in [-0.39, 0.29) is 5.91 Å². The van der Waals surface area contributed by atoms with Crippen molar-refractivity contribution in [3.8, 4) is 0 Å². The lowest BCUT2D eigenvalue weighted by atomic mass is 10.2. The van der Waals surface area contributed by atoms with Crippen LogP contribution >= 0.6 is 23.2 Å². The van der Waals surface area contributed by atoms with Crippen molar-refractivity contribution >= 4 is 40.6 Å². The molecule has 0 bridgehead atoms. The van der Waals surface area contributed by atoms with Crippen LogP contribution in [-0.2, 0) is 6.54 Å². The van der Waals surface area contributed by atoms with Gasteiger partial charge in [-0.15, -0.1) is 0 Å². The summed E-state index contributed by atoms with van der Waals surface area (Å²) in [5.41, 5.74) is 2.20. The number of halogens is 2. The minimum atomic E-state index is -0.273. The van der Waals surface area contributed by atoms with Crippen LogP contribution in [0.25, 0.3) is 0 Å². The van der Waals surface area contributed by atoms with E-state index in [9.17, 15) is 4.79 Å². The van der Waals surface area contributed by atoms with Crippen molar-refractivity contribution in [1.82, 2.24) is 4.98 Å². The van der Waals surface area contributed by atoms with E-state index in [2.05, 4.69) is 15.6 Å². The van der Waals surface area contributed by atoms with Gasteiger partial charge in [-0.25, -0.2) is 4.98 Å². The summed E-state index contributed by atoms with van der Waals surface area (Å²) in [4.78, 5) is 16.5. The Labute approximate surface area is 155 Å². The monoisotopic (exact) mass is 371 g/mol. The van der Waals surface area contributed by atoms with Gasteiger partial charge in [-0.1, -0.05) is 53.5 Å². The van der Waals surface area contributed by atoms with Crippen LogP contribution in [-0.4, -0.2) is 10.9 Å². The van der Waals surface area contributed by atoms with E-state index in [1.165, 1.54) is 11.6 Å². The Hall–Kier alpha value is -2.56. The predicted molar refractivity (Wildman–Crippen MR) is 102 cm³/mol. The van der Waals surface area contributed by atoms with Gasteiger partial charge in [0.2, 0.25) is 0 Å². The molecular formula is C19H15Cl2N3O. The van der Waals surface area contributed by atoms with Gasteiger partial charge in [0, 0.05) is 12.1 Å². The molecule has 0 radical (unpaired) electrons. The highest BCUT2D eigenvalue weighted by molar-refractivity contribution is 6.42. The van der Waals surface area contributed by atoms with E-state index >= 15 is 0 Å². The summed E-state index contributed by atoms with van der Waals surface area (Å²) in [5, 5.41) is 6.76. The molecule has 0 spiro atoms. The van der Waals surface area contributed by atoms with Crippen LogP contribution in [0.4, 0.5) is 11.5 Å². The second-order valence-electron chi connectivity index (χ2n) is 5.35. The number of hydrogen-bond acceptors (Lipinski definition) is 3. The van der Waals surface area contributed by atoms with Gasteiger partial charge in [-0.05, 0) is 35.9 Å². The van der Waals surface area contributed by atoms with E-state index in [1.807, 2.05) is 36.4 Å². The lowest BCUT2D eigenvalue weighted by Crippen LogP contribution is -2.12. The number of anilines is 2. The fourth-order valence-corrected chi connectivity index (χ4v) is 2.50. The minimum Gasteiger partial charge on any atom is -0.366 e. The third-order valence-electron chi connectivity index (χ3n) is 3.52. The van der Waals surface area contributed by atoms with Gasteiger partial charge in [0.1, 0.15) is 5.82 Å². The molecule has 1 aromatic heterocycles. The third kappa shape index (κ3) is 4.72. The molecule has 1 amide bonds. The molecule has 0 saturated carbocycles. The largest absolute Gasteiger partial charge is 0.366 e. The first kappa shape index (κ1) is 17.3. The van der Waals surface area contributed by atoms with E-state index < -0.39 is 0 Å². The van der Waals surface area contributed by atoms with Gasteiger partial charge in [0.25, 0.3) is 5.91 Å². The fraction of sp³-hybridized carbons (Fsp3) is 0.0526. The summed E-state index contributed by atoms with van der Waals surface area (Å²) in [6.07, 6.45) is 1.60. The number of rotatable bonds is 5. The standard InChI is InChI=1S/C19H15Cl2N3O/c20-16-8-6-14(10-17(16)21)19(25)24-15-7-9-18(23-12-15)22-11-13-4-2-1-3-5-13/h1-10,12H,11H2,(H,22,23)(H,24,25). The van der Waals surface area contributed by atoms with Crippen LogP contribution in [0.3, 0.4) is 0 Å². The number of nitrogens with one attached hydrogen (secondary N) is 2. The maximum Gasteiger partial charge on any atom is 0.255 e. The van der Waals surface area contributed by atoms with Crippen LogP contribution in [0, 0.1) is 0 Å². The van der Waals surface area contributed by atoms with E-state index in [0.717, 1.165) is 5.82 Å². The van der Waals surface area contributed by atoms with Crippen molar-refractivity contribution in [2.24, 2.45) is 0 Å². The number of pyridine rings is 1. The number of aromatic nitrogens is 1. The maximum absolute atomic E-state index is 12.2. The van der Waals surface area contributed by atoms with Crippen LogP contribution in [0.1, 0.15) is 15.9 Å². The highest BCUT2D eigenvalue weighted by Crippen LogP contribution is 2.23. The van der Waals surface area contributed by atoms with Crippen LogP contribution in [0.5, 0.6) is 0 Å². The number of carbonyl (C=O) groups is 1. The molecule has 0 atom stereocenters. The summed E-state index contributed by atoms with van der Waals surface area (Å²) in [7, 11) is 0. The molecule has 0 aliphatic rings. The second kappa shape index (κ2) is 8.01. The quantitative estimate of drug-likeness (QED) is 0.643. The first-order valence-electron chi connectivity index (χ1n) is 7.62. The van der Waals surface area contributed by atoms with Crippen LogP contribution < -0.4 is 10.6 Å². The van der Waals surface area contributed by atoms with Gasteiger partial charge in [0.05, 0.1) is 21.9 Å². The molecule has 0 aliphatic heterocycles. The maximum atomic E-state index is 12.2. The zero-order chi connectivity index (χ0) is 17.6. The number of hydrogen-bond donors (Lipinski definition) is 2. The molecule has 3 rings (SSSR count). The highest BCUT2D eigenvalue weighted by atomic mass is 35.5. The lowest BCUT2D eigenvalue weighted by molar-refractivity contribution is 0.102. The molecule has 25 heavy (non-hydrogen) atoms. The van der Waals surface area contributed by atoms with Crippen LogP contribution in [0.15, 0.2) is 66.9 Å². The van der Waals surface area contributed by atoms with E-state index in [0.29, 0.717) is 27.8 Å². The third-order valence-corrected chi connectivity index (χ3v) is 4.26. The molecule has 0 aliphatic carbocycles. The van der Waals surface area contributed by atoms with Gasteiger partial charge >= 0.3 is 0 Å². The normalized spacial score (nSPS) is 10.3. The average molecular weight is 372 g/mol. The molecule has 1 heterocycles. The molecule has 2 N–H and O–H groups in total. The fourth-order valence-electron chi connectivity index (χ4n) is 2.20. The first-order valence-corrected chi connectivity index (χ1v) is 8.38. The Balaban J connectivity index is 1.60. The van der Waals surface area contributed by atoms with Gasteiger partial charge in [0.15, 0.2) is 0 Å². The Morgan fingerprint density at radius 2 is 1.76 bits per heavy atom. The Morgan fingerprint density at radius 1 is 0.960 bits per heavy atom. The topological polar surface area (TPSA) is 54.0 Å². The molecule has 0 unspecified atom stereocenters. The van der Waals surface area contributed by atoms with Crippen molar-refractivity contribution in [3.05, 3.63) is 88.0 Å². The summed E-state index contributed by atoms with van der Waals surface area (Å²) < 4.78 is 0. The van der Waals surface area contributed by atoms with Gasteiger partial charge in [-0.2, -0.15) is 0 Å². The highest BCUT2D eigenvalue weighted by Gasteiger charge is 2.08. The van der Waals surface area contributed by atoms with Crippen molar-refractivity contribution in [3.63, 3.8) is 0 Å². The summed E-state index contributed by atoms with van der Waals surface area (Å²) >= 11 is 11.8. The van der Waals surface area contributed by atoms with Crippen molar-refractivity contribution in [1.29, 1.82) is 0 Å². The average Bonchev–Trinajstić information content (AvgIpc) is 2.64. The molecule has 6 heteroatoms. The molecule has 126 valence electrons. The van der Waals surface area contributed by atoms with E-state index in [4.69, 9.17) is 23.2 Å². The molecule has 2 aromatic carbocycles. The first-order chi connectivity index (χ1) is 12.1. The Bertz CT molecular complexity index is 868. The number of carbonyl (C=O) groups excluding carboxylic acids is 1. The molecular weight excluding hydrogens is 357 g/mol. The molecule has 3 aromatic rings. The SMILES string of the molecule is O=C(Nc1ccc(NCc2ccccc2)nc1)c1ccc(Cl)c(Cl)c1. The van der Waals surface area contributed by atoms with Gasteiger partial charge in [-0.3, -0.25) is 4.79 Å². The Morgan fingerprint density at radius 3 is 2.44 bits per heavy atom.